The second kappa shape index (κ2) is 6.33. The van der Waals surface area contributed by atoms with E-state index in [4.69, 9.17) is 9.84 Å². The van der Waals surface area contributed by atoms with Crippen molar-refractivity contribution < 1.29 is 19.4 Å². The van der Waals surface area contributed by atoms with Crippen LogP contribution in [0, 0.1) is 0 Å². The number of morpholine rings is 1. The highest BCUT2D eigenvalue weighted by Gasteiger charge is 2.28. The molecule has 0 bridgehead atoms. The number of amides is 1. The van der Waals surface area contributed by atoms with Gasteiger partial charge in [0.2, 0.25) is 5.91 Å². The summed E-state index contributed by atoms with van der Waals surface area (Å²) in [6.07, 6.45) is 0.817. The maximum Gasteiger partial charge on any atom is 0.334 e. The van der Waals surface area contributed by atoms with E-state index >= 15 is 0 Å². The van der Waals surface area contributed by atoms with Crippen molar-refractivity contribution in [3.63, 3.8) is 0 Å². The summed E-state index contributed by atoms with van der Waals surface area (Å²) in [4.78, 5) is 35.8. The van der Waals surface area contributed by atoms with Gasteiger partial charge in [0.15, 0.2) is 6.10 Å². The van der Waals surface area contributed by atoms with Gasteiger partial charge < -0.3 is 19.3 Å². The van der Waals surface area contributed by atoms with Crippen LogP contribution in [0.5, 0.6) is 0 Å². The first-order valence-corrected chi connectivity index (χ1v) is 6.35. The van der Waals surface area contributed by atoms with Gasteiger partial charge >= 0.3 is 5.97 Å². The topological polar surface area (TPSA) is 88.8 Å². The molecule has 1 aliphatic heterocycles. The van der Waals surface area contributed by atoms with Crippen molar-refractivity contribution in [3.8, 4) is 0 Å². The number of pyridine rings is 1. The number of ether oxygens (including phenoxy) is 1. The molecule has 1 aromatic rings. The fraction of sp³-hybridized carbons (Fsp3) is 0.462. The standard InChI is InChI=1S/C13H16N2O5/c16-11-3-1-2-5-14(11)6-4-12(17)15-7-8-20-10(9-15)13(18)19/h1-3,5,10H,4,6-9H2,(H,18,19). The molecule has 0 aromatic carbocycles. The molecular weight excluding hydrogens is 264 g/mol. The molecular formula is C13H16N2O5. The molecule has 1 aliphatic rings. The summed E-state index contributed by atoms with van der Waals surface area (Å²) in [5.41, 5.74) is -0.161. The molecule has 20 heavy (non-hydrogen) atoms. The number of carboxylic acids is 1. The first-order chi connectivity index (χ1) is 9.58. The van der Waals surface area contributed by atoms with Gasteiger partial charge in [0.1, 0.15) is 0 Å². The predicted octanol–water partition coefficient (Wildman–Crippen LogP) is -0.450. The molecule has 1 atom stereocenters. The Morgan fingerprint density at radius 2 is 2.20 bits per heavy atom. The van der Waals surface area contributed by atoms with Gasteiger partial charge in [-0.25, -0.2) is 4.79 Å². The van der Waals surface area contributed by atoms with Gasteiger partial charge in [-0.2, -0.15) is 0 Å². The molecule has 2 rings (SSSR count). The third kappa shape index (κ3) is 3.45. The van der Waals surface area contributed by atoms with E-state index in [-0.39, 0.29) is 37.6 Å². The van der Waals surface area contributed by atoms with Crippen molar-refractivity contribution in [3.05, 3.63) is 34.7 Å². The van der Waals surface area contributed by atoms with Crippen molar-refractivity contribution >= 4 is 11.9 Å². The van der Waals surface area contributed by atoms with E-state index in [1.165, 1.54) is 15.5 Å². The van der Waals surface area contributed by atoms with Crippen LogP contribution in [0.1, 0.15) is 6.42 Å². The number of aryl methyl sites for hydroxylation is 1. The van der Waals surface area contributed by atoms with Crippen molar-refractivity contribution in [2.24, 2.45) is 0 Å². The van der Waals surface area contributed by atoms with E-state index in [9.17, 15) is 14.4 Å². The normalized spacial score (nSPS) is 18.8. The monoisotopic (exact) mass is 280 g/mol. The molecule has 0 radical (unpaired) electrons. The van der Waals surface area contributed by atoms with Gasteiger partial charge in [0, 0.05) is 31.8 Å². The van der Waals surface area contributed by atoms with E-state index in [2.05, 4.69) is 0 Å². The largest absolute Gasteiger partial charge is 0.479 e. The van der Waals surface area contributed by atoms with Gasteiger partial charge in [-0.1, -0.05) is 6.07 Å². The molecule has 7 nitrogen and oxygen atoms in total. The Morgan fingerprint density at radius 3 is 2.90 bits per heavy atom. The zero-order valence-electron chi connectivity index (χ0n) is 10.9. The van der Waals surface area contributed by atoms with Crippen molar-refractivity contribution in [1.82, 2.24) is 9.47 Å². The Labute approximate surface area is 115 Å². The number of carboxylic acid groups (broad SMARTS) is 1. The van der Waals surface area contributed by atoms with Crippen molar-refractivity contribution in [1.29, 1.82) is 0 Å². The average molecular weight is 280 g/mol. The van der Waals surface area contributed by atoms with Gasteiger partial charge in [-0.15, -0.1) is 0 Å². The van der Waals surface area contributed by atoms with Crippen LogP contribution in [0.15, 0.2) is 29.2 Å². The Morgan fingerprint density at radius 1 is 1.40 bits per heavy atom. The highest BCUT2D eigenvalue weighted by molar-refractivity contribution is 5.78. The van der Waals surface area contributed by atoms with E-state index in [1.807, 2.05) is 0 Å². The quantitative estimate of drug-likeness (QED) is 0.807. The minimum absolute atomic E-state index is 0.0534. The lowest BCUT2D eigenvalue weighted by Gasteiger charge is -2.31. The van der Waals surface area contributed by atoms with E-state index in [1.54, 1.807) is 18.3 Å². The zero-order chi connectivity index (χ0) is 14.5. The Kier molecular flexibility index (Phi) is 4.52. The van der Waals surface area contributed by atoms with Crippen LogP contribution in [0.2, 0.25) is 0 Å². The summed E-state index contributed by atoms with van der Waals surface area (Å²) in [6, 6.07) is 4.79. The molecule has 108 valence electrons. The first-order valence-electron chi connectivity index (χ1n) is 6.35. The number of hydrogen-bond acceptors (Lipinski definition) is 4. The summed E-state index contributed by atoms with van der Waals surface area (Å²) in [5, 5.41) is 8.87. The van der Waals surface area contributed by atoms with E-state index in [0.717, 1.165) is 0 Å². The molecule has 0 spiro atoms. The van der Waals surface area contributed by atoms with Gasteiger partial charge in [-0.05, 0) is 6.07 Å². The molecule has 1 unspecified atom stereocenters. The minimum atomic E-state index is -1.07. The van der Waals surface area contributed by atoms with Crippen LogP contribution in [-0.4, -0.2) is 52.3 Å². The zero-order valence-corrected chi connectivity index (χ0v) is 10.9. The van der Waals surface area contributed by atoms with Crippen LogP contribution < -0.4 is 5.56 Å². The van der Waals surface area contributed by atoms with Crippen LogP contribution in [-0.2, 0) is 20.9 Å². The highest BCUT2D eigenvalue weighted by atomic mass is 16.5. The SMILES string of the molecule is O=C(O)C1CN(C(=O)CCn2ccccc2=O)CCO1. The van der Waals surface area contributed by atoms with Gasteiger partial charge in [-0.3, -0.25) is 9.59 Å². The predicted molar refractivity (Wildman–Crippen MR) is 69.3 cm³/mol. The smallest absolute Gasteiger partial charge is 0.334 e. The lowest BCUT2D eigenvalue weighted by atomic mass is 10.2. The molecule has 0 aliphatic carbocycles. The summed E-state index contributed by atoms with van der Waals surface area (Å²) < 4.78 is 6.50. The second-order valence-electron chi connectivity index (χ2n) is 4.52. The van der Waals surface area contributed by atoms with Crippen LogP contribution >= 0.6 is 0 Å². The summed E-state index contributed by atoms with van der Waals surface area (Å²) in [6.45, 7) is 0.936. The fourth-order valence-corrected chi connectivity index (χ4v) is 2.04. The summed E-state index contributed by atoms with van der Waals surface area (Å²) >= 11 is 0. The average Bonchev–Trinajstić information content (AvgIpc) is 2.46. The number of hydrogen-bond donors (Lipinski definition) is 1. The Bertz CT molecular complexity index is 554. The first kappa shape index (κ1) is 14.3. The maximum absolute atomic E-state index is 12.0. The van der Waals surface area contributed by atoms with E-state index < -0.39 is 12.1 Å². The number of aromatic nitrogens is 1. The van der Waals surface area contributed by atoms with Crippen LogP contribution in [0.3, 0.4) is 0 Å². The molecule has 1 saturated heterocycles. The third-order valence-electron chi connectivity index (χ3n) is 3.16. The number of carbonyl (C=O) groups excluding carboxylic acids is 1. The molecule has 1 amide bonds. The van der Waals surface area contributed by atoms with Gasteiger partial charge in [0.05, 0.1) is 13.2 Å². The highest BCUT2D eigenvalue weighted by Crippen LogP contribution is 2.07. The number of nitrogens with zero attached hydrogens (tertiary/aromatic N) is 2. The van der Waals surface area contributed by atoms with Crippen LogP contribution in [0.25, 0.3) is 0 Å². The number of carbonyl (C=O) groups is 2. The molecule has 1 fully saturated rings. The molecule has 7 heteroatoms. The van der Waals surface area contributed by atoms with Crippen molar-refractivity contribution in [2.75, 3.05) is 19.7 Å². The minimum Gasteiger partial charge on any atom is -0.479 e. The second-order valence-corrected chi connectivity index (χ2v) is 4.52. The lowest BCUT2D eigenvalue weighted by molar-refractivity contribution is -0.159. The van der Waals surface area contributed by atoms with E-state index in [0.29, 0.717) is 6.54 Å². The summed E-state index contributed by atoms with van der Waals surface area (Å²) in [5.74, 6) is -1.24. The third-order valence-corrected chi connectivity index (χ3v) is 3.16. The number of aliphatic carboxylic acids is 1. The maximum atomic E-state index is 12.0. The molecule has 1 N–H and O–H groups in total. The number of rotatable bonds is 4. The van der Waals surface area contributed by atoms with Crippen LogP contribution in [0.4, 0.5) is 0 Å². The lowest BCUT2D eigenvalue weighted by Crippen LogP contribution is -2.48. The fourth-order valence-electron chi connectivity index (χ4n) is 2.04. The summed E-state index contributed by atoms with van der Waals surface area (Å²) in [7, 11) is 0. The molecule has 1 aromatic heterocycles. The molecule has 2 heterocycles. The van der Waals surface area contributed by atoms with Crippen molar-refractivity contribution in [2.45, 2.75) is 19.1 Å². The molecule has 0 saturated carbocycles. The Balaban J connectivity index is 1.90. The van der Waals surface area contributed by atoms with Gasteiger partial charge in [0.25, 0.3) is 5.56 Å². The Hall–Kier alpha value is -2.15.